The highest BCUT2D eigenvalue weighted by molar-refractivity contribution is 5.86. The zero-order valence-electron chi connectivity index (χ0n) is 8.63. The summed E-state index contributed by atoms with van der Waals surface area (Å²) >= 11 is 0. The fraction of sp³-hybridized carbons (Fsp3) is 0.364. The minimum absolute atomic E-state index is 0.112. The van der Waals surface area contributed by atoms with E-state index in [1.54, 1.807) is 18.2 Å². The normalized spacial score (nSPS) is 17.0. The molecule has 0 radical (unpaired) electrons. The monoisotopic (exact) mass is 224 g/mol. The van der Waals surface area contributed by atoms with E-state index in [1.165, 1.54) is 12.3 Å². The van der Waals surface area contributed by atoms with Crippen LogP contribution in [0, 0.1) is 0 Å². The molecule has 0 atom stereocenters. The summed E-state index contributed by atoms with van der Waals surface area (Å²) in [5, 5.41) is 0. The molecule has 2 heterocycles. The van der Waals surface area contributed by atoms with Crippen molar-refractivity contribution in [3.05, 3.63) is 30.2 Å². The van der Waals surface area contributed by atoms with Crippen LogP contribution in [-0.2, 0) is 19.0 Å². The minimum atomic E-state index is -0.449. The maximum atomic E-state index is 11.2. The number of carbonyl (C=O) groups is 1. The van der Waals surface area contributed by atoms with Gasteiger partial charge in [0.2, 0.25) is 0 Å². The highest BCUT2D eigenvalue weighted by Gasteiger charge is 2.17. The number of rotatable bonds is 4. The van der Waals surface area contributed by atoms with Crippen molar-refractivity contribution >= 4 is 12.0 Å². The highest BCUT2D eigenvalue weighted by Crippen LogP contribution is 2.05. The Morgan fingerprint density at radius 1 is 1.50 bits per heavy atom. The summed E-state index contributed by atoms with van der Waals surface area (Å²) in [5.41, 5.74) is 0. The Bertz CT molecular complexity index is 348. The third-order valence-electron chi connectivity index (χ3n) is 1.98. The lowest BCUT2D eigenvalue weighted by Crippen LogP contribution is -2.18. The van der Waals surface area contributed by atoms with E-state index in [2.05, 4.69) is 0 Å². The van der Waals surface area contributed by atoms with E-state index in [0.29, 0.717) is 19.0 Å². The van der Waals surface area contributed by atoms with Crippen molar-refractivity contribution in [1.82, 2.24) is 0 Å². The van der Waals surface area contributed by atoms with Crippen molar-refractivity contribution < 1.29 is 23.4 Å². The first kappa shape index (κ1) is 10.9. The average molecular weight is 224 g/mol. The lowest BCUT2D eigenvalue weighted by atomic mass is 10.4. The number of ether oxygens (including phenoxy) is 3. The van der Waals surface area contributed by atoms with E-state index in [-0.39, 0.29) is 6.61 Å². The van der Waals surface area contributed by atoms with Crippen molar-refractivity contribution in [3.8, 4) is 0 Å². The first-order valence-corrected chi connectivity index (χ1v) is 4.96. The van der Waals surface area contributed by atoms with Crippen LogP contribution in [0.2, 0.25) is 0 Å². The second-order valence-electron chi connectivity index (χ2n) is 3.15. The van der Waals surface area contributed by atoms with Crippen LogP contribution in [0.4, 0.5) is 0 Å². The first-order chi connectivity index (χ1) is 7.84. The van der Waals surface area contributed by atoms with Gasteiger partial charge in [-0.25, -0.2) is 4.79 Å². The fourth-order valence-corrected chi connectivity index (χ4v) is 1.24. The lowest BCUT2D eigenvalue weighted by molar-refractivity contribution is -0.150. The van der Waals surface area contributed by atoms with Crippen LogP contribution in [0.5, 0.6) is 0 Å². The number of esters is 1. The second-order valence-corrected chi connectivity index (χ2v) is 3.15. The Hall–Kier alpha value is -1.59. The van der Waals surface area contributed by atoms with Gasteiger partial charge < -0.3 is 18.6 Å². The molecule has 1 aromatic heterocycles. The van der Waals surface area contributed by atoms with Gasteiger partial charge in [-0.05, 0) is 18.2 Å². The summed E-state index contributed by atoms with van der Waals surface area (Å²) in [6, 6.07) is 3.48. The summed E-state index contributed by atoms with van der Waals surface area (Å²) in [7, 11) is 0. The van der Waals surface area contributed by atoms with Gasteiger partial charge in [0.15, 0.2) is 6.29 Å². The van der Waals surface area contributed by atoms with E-state index < -0.39 is 12.3 Å². The van der Waals surface area contributed by atoms with Crippen LogP contribution < -0.4 is 0 Å². The second kappa shape index (κ2) is 5.48. The van der Waals surface area contributed by atoms with Gasteiger partial charge in [-0.15, -0.1) is 0 Å². The predicted octanol–water partition coefficient (Wildman–Crippen LogP) is 1.21. The van der Waals surface area contributed by atoms with Gasteiger partial charge in [-0.2, -0.15) is 0 Å². The van der Waals surface area contributed by atoms with Crippen molar-refractivity contribution in [1.29, 1.82) is 0 Å². The number of carbonyl (C=O) groups excluding carboxylic acids is 1. The molecule has 0 unspecified atom stereocenters. The Morgan fingerprint density at radius 2 is 2.31 bits per heavy atom. The predicted molar refractivity (Wildman–Crippen MR) is 54.4 cm³/mol. The van der Waals surface area contributed by atoms with Gasteiger partial charge in [0.1, 0.15) is 12.4 Å². The van der Waals surface area contributed by atoms with Crippen LogP contribution in [0.25, 0.3) is 6.08 Å². The van der Waals surface area contributed by atoms with E-state index in [9.17, 15) is 4.79 Å². The van der Waals surface area contributed by atoms with Gasteiger partial charge in [0.25, 0.3) is 0 Å². The Morgan fingerprint density at radius 3 is 3.00 bits per heavy atom. The molecule has 1 aliphatic heterocycles. The maximum absolute atomic E-state index is 11.2. The van der Waals surface area contributed by atoms with Crippen LogP contribution >= 0.6 is 0 Å². The van der Waals surface area contributed by atoms with Gasteiger partial charge in [-0.1, -0.05) is 0 Å². The molecular formula is C11H12O5. The SMILES string of the molecule is O=C(C=Cc1ccco1)OCC1OCCO1. The molecule has 1 aromatic rings. The molecular weight excluding hydrogens is 212 g/mol. The van der Waals surface area contributed by atoms with Crippen molar-refractivity contribution in [2.45, 2.75) is 6.29 Å². The number of furan rings is 1. The smallest absolute Gasteiger partial charge is 0.331 e. The molecule has 0 spiro atoms. The number of hydrogen-bond donors (Lipinski definition) is 0. The molecule has 2 rings (SSSR count). The Balaban J connectivity index is 1.71. The van der Waals surface area contributed by atoms with Gasteiger partial charge in [0, 0.05) is 6.08 Å². The molecule has 5 nitrogen and oxygen atoms in total. The molecule has 0 amide bonds. The molecule has 1 aliphatic rings. The quantitative estimate of drug-likeness (QED) is 0.568. The zero-order valence-corrected chi connectivity index (χ0v) is 8.63. The van der Waals surface area contributed by atoms with Crippen LogP contribution in [-0.4, -0.2) is 32.1 Å². The molecule has 0 aromatic carbocycles. The summed E-state index contributed by atoms with van der Waals surface area (Å²) in [6.07, 6.45) is 3.94. The third kappa shape index (κ3) is 3.22. The van der Waals surface area contributed by atoms with Gasteiger partial charge in [-0.3, -0.25) is 0 Å². The largest absolute Gasteiger partial charge is 0.465 e. The lowest BCUT2D eigenvalue weighted by Gasteiger charge is -2.07. The molecule has 5 heteroatoms. The van der Waals surface area contributed by atoms with Crippen LogP contribution in [0.3, 0.4) is 0 Å². The zero-order chi connectivity index (χ0) is 11.2. The van der Waals surface area contributed by atoms with Crippen LogP contribution in [0.15, 0.2) is 28.9 Å². The van der Waals surface area contributed by atoms with E-state index in [1.807, 2.05) is 0 Å². The molecule has 0 bridgehead atoms. The van der Waals surface area contributed by atoms with E-state index >= 15 is 0 Å². The van der Waals surface area contributed by atoms with Gasteiger partial charge >= 0.3 is 5.97 Å². The number of hydrogen-bond acceptors (Lipinski definition) is 5. The van der Waals surface area contributed by atoms with E-state index in [4.69, 9.17) is 18.6 Å². The standard InChI is InChI=1S/C11H12O5/c12-10(4-3-9-2-1-5-13-9)16-8-11-14-6-7-15-11/h1-5,11H,6-8H2. The first-order valence-electron chi connectivity index (χ1n) is 4.96. The van der Waals surface area contributed by atoms with Crippen molar-refractivity contribution in [2.75, 3.05) is 19.8 Å². The summed E-state index contributed by atoms with van der Waals surface area (Å²) in [6.45, 7) is 1.20. The Labute approximate surface area is 92.6 Å². The maximum Gasteiger partial charge on any atom is 0.331 e. The third-order valence-corrected chi connectivity index (χ3v) is 1.98. The molecule has 1 saturated heterocycles. The molecule has 0 aliphatic carbocycles. The topological polar surface area (TPSA) is 57.9 Å². The molecule has 0 N–H and O–H groups in total. The van der Waals surface area contributed by atoms with Crippen molar-refractivity contribution in [2.24, 2.45) is 0 Å². The molecule has 16 heavy (non-hydrogen) atoms. The summed E-state index contributed by atoms with van der Waals surface area (Å²) in [4.78, 5) is 11.2. The van der Waals surface area contributed by atoms with E-state index in [0.717, 1.165) is 0 Å². The highest BCUT2D eigenvalue weighted by atomic mass is 16.7. The average Bonchev–Trinajstić information content (AvgIpc) is 2.96. The van der Waals surface area contributed by atoms with Crippen molar-refractivity contribution in [3.63, 3.8) is 0 Å². The fourth-order valence-electron chi connectivity index (χ4n) is 1.24. The molecule has 1 fully saturated rings. The van der Waals surface area contributed by atoms with Crippen LogP contribution in [0.1, 0.15) is 5.76 Å². The summed E-state index contributed by atoms with van der Waals surface area (Å²) < 4.78 is 20.1. The summed E-state index contributed by atoms with van der Waals surface area (Å²) in [5.74, 6) is 0.154. The minimum Gasteiger partial charge on any atom is -0.465 e. The molecule has 0 saturated carbocycles. The van der Waals surface area contributed by atoms with Gasteiger partial charge in [0.05, 0.1) is 19.5 Å². The Kier molecular flexibility index (Phi) is 3.74. The molecule has 86 valence electrons.